The number of benzene rings is 1. The number of nitrogens with zero attached hydrogens (tertiary/aromatic N) is 4. The van der Waals surface area contributed by atoms with Crippen molar-refractivity contribution in [1.29, 1.82) is 0 Å². The summed E-state index contributed by atoms with van der Waals surface area (Å²) >= 11 is 0. The maximum atomic E-state index is 13.2. The van der Waals surface area contributed by atoms with Crippen molar-refractivity contribution in [3.8, 4) is 0 Å². The van der Waals surface area contributed by atoms with Gasteiger partial charge in [0, 0.05) is 41.6 Å². The molecule has 1 aliphatic heterocycles. The molecule has 0 atom stereocenters. The number of amides is 1. The molecule has 1 fully saturated rings. The van der Waals surface area contributed by atoms with Gasteiger partial charge in [-0.25, -0.2) is 9.67 Å². The first kappa shape index (κ1) is 18.9. The molecule has 6 nitrogen and oxygen atoms in total. The van der Waals surface area contributed by atoms with E-state index in [2.05, 4.69) is 54.3 Å². The SMILES string of the molecule is Cc1nc2c(cnn2C(C)C)cc1C(=O)N1CCC(c2cc3ccccc3[nH]2)CC1. The molecule has 1 aliphatic rings. The van der Waals surface area contributed by atoms with Crippen LogP contribution in [0.25, 0.3) is 21.9 Å². The van der Waals surface area contributed by atoms with Crippen molar-refractivity contribution in [1.82, 2.24) is 24.6 Å². The van der Waals surface area contributed by atoms with E-state index in [-0.39, 0.29) is 11.9 Å². The molecule has 1 amide bonds. The van der Waals surface area contributed by atoms with Gasteiger partial charge in [0.25, 0.3) is 5.91 Å². The van der Waals surface area contributed by atoms with Crippen molar-refractivity contribution in [3.63, 3.8) is 0 Å². The normalized spacial score (nSPS) is 15.5. The lowest BCUT2D eigenvalue weighted by Crippen LogP contribution is -2.38. The molecule has 0 radical (unpaired) electrons. The van der Waals surface area contributed by atoms with Crippen LogP contribution in [0, 0.1) is 6.92 Å². The third-order valence-corrected chi connectivity index (χ3v) is 6.25. The van der Waals surface area contributed by atoms with E-state index in [4.69, 9.17) is 4.98 Å². The van der Waals surface area contributed by atoms with Gasteiger partial charge in [0.2, 0.25) is 0 Å². The summed E-state index contributed by atoms with van der Waals surface area (Å²) < 4.78 is 1.91. The van der Waals surface area contributed by atoms with E-state index in [0.29, 0.717) is 11.5 Å². The zero-order valence-electron chi connectivity index (χ0n) is 17.7. The van der Waals surface area contributed by atoms with Crippen LogP contribution in [0.15, 0.2) is 42.6 Å². The van der Waals surface area contributed by atoms with Gasteiger partial charge in [0.1, 0.15) is 0 Å². The molecule has 6 heteroatoms. The lowest BCUT2D eigenvalue weighted by molar-refractivity contribution is 0.0711. The Morgan fingerprint density at radius 1 is 1.13 bits per heavy atom. The zero-order chi connectivity index (χ0) is 20.8. The summed E-state index contributed by atoms with van der Waals surface area (Å²) in [7, 11) is 0. The molecule has 4 aromatic rings. The molecule has 30 heavy (non-hydrogen) atoms. The fraction of sp³-hybridized carbons (Fsp3) is 0.375. The third-order valence-electron chi connectivity index (χ3n) is 6.25. The highest BCUT2D eigenvalue weighted by Gasteiger charge is 2.27. The Morgan fingerprint density at radius 2 is 1.90 bits per heavy atom. The molecule has 3 aromatic heterocycles. The lowest BCUT2D eigenvalue weighted by Gasteiger charge is -2.32. The van der Waals surface area contributed by atoms with Crippen molar-refractivity contribution in [2.75, 3.05) is 13.1 Å². The van der Waals surface area contributed by atoms with Gasteiger partial charge in [-0.05, 0) is 57.2 Å². The highest BCUT2D eigenvalue weighted by atomic mass is 16.2. The van der Waals surface area contributed by atoms with E-state index < -0.39 is 0 Å². The van der Waals surface area contributed by atoms with Crippen LogP contribution in [0.1, 0.15) is 60.4 Å². The van der Waals surface area contributed by atoms with Crippen molar-refractivity contribution < 1.29 is 4.79 Å². The highest BCUT2D eigenvalue weighted by molar-refractivity contribution is 5.98. The minimum absolute atomic E-state index is 0.0780. The molecule has 0 unspecified atom stereocenters. The summed E-state index contributed by atoms with van der Waals surface area (Å²) in [6.45, 7) is 7.62. The number of hydrogen-bond donors (Lipinski definition) is 1. The summed E-state index contributed by atoms with van der Waals surface area (Å²) in [5, 5.41) is 6.61. The standard InChI is InChI=1S/C24H27N5O/c1-15(2)29-23-19(14-25-29)12-20(16(3)26-23)24(30)28-10-8-17(9-11-28)22-13-18-6-4-5-7-21(18)27-22/h4-7,12-15,17,27H,8-11H2,1-3H3. The molecule has 1 N–H and O–H groups in total. The van der Waals surface area contributed by atoms with Crippen molar-refractivity contribution in [3.05, 3.63) is 59.5 Å². The van der Waals surface area contributed by atoms with E-state index in [1.807, 2.05) is 22.6 Å². The van der Waals surface area contributed by atoms with Gasteiger partial charge < -0.3 is 9.88 Å². The Kier molecular flexibility index (Phi) is 4.57. The van der Waals surface area contributed by atoms with E-state index in [0.717, 1.165) is 42.7 Å². The van der Waals surface area contributed by atoms with Crippen molar-refractivity contribution in [2.45, 2.75) is 45.6 Å². The lowest BCUT2D eigenvalue weighted by atomic mass is 9.93. The van der Waals surface area contributed by atoms with E-state index in [9.17, 15) is 4.79 Å². The number of aryl methyl sites for hydroxylation is 1. The molecule has 0 aliphatic carbocycles. The van der Waals surface area contributed by atoms with Crippen LogP contribution >= 0.6 is 0 Å². The molecule has 154 valence electrons. The second-order valence-electron chi connectivity index (χ2n) is 8.60. The minimum atomic E-state index is 0.0780. The largest absolute Gasteiger partial charge is 0.358 e. The van der Waals surface area contributed by atoms with E-state index in [1.54, 1.807) is 6.20 Å². The quantitative estimate of drug-likeness (QED) is 0.535. The van der Waals surface area contributed by atoms with Gasteiger partial charge in [-0.15, -0.1) is 0 Å². The Bertz CT molecular complexity index is 1190. The van der Waals surface area contributed by atoms with Crippen LogP contribution in [0.3, 0.4) is 0 Å². The first-order valence-electron chi connectivity index (χ1n) is 10.7. The van der Waals surface area contributed by atoms with Crippen LogP contribution in [0.5, 0.6) is 0 Å². The average Bonchev–Trinajstić information content (AvgIpc) is 3.36. The maximum Gasteiger partial charge on any atom is 0.255 e. The second kappa shape index (κ2) is 7.27. The Morgan fingerprint density at radius 3 is 2.63 bits per heavy atom. The Hall–Kier alpha value is -3.15. The number of pyridine rings is 1. The average molecular weight is 402 g/mol. The van der Waals surface area contributed by atoms with Gasteiger partial charge in [0.05, 0.1) is 17.5 Å². The van der Waals surface area contributed by atoms with Crippen LogP contribution in [0.2, 0.25) is 0 Å². The summed E-state index contributed by atoms with van der Waals surface area (Å²) in [5.74, 6) is 0.543. The summed E-state index contributed by atoms with van der Waals surface area (Å²) in [6, 6.07) is 12.8. The molecule has 0 spiro atoms. The number of carbonyl (C=O) groups excluding carboxylic acids is 1. The van der Waals surface area contributed by atoms with Gasteiger partial charge in [0.15, 0.2) is 5.65 Å². The third kappa shape index (κ3) is 3.16. The van der Waals surface area contributed by atoms with E-state index >= 15 is 0 Å². The van der Waals surface area contributed by atoms with E-state index in [1.165, 1.54) is 16.6 Å². The maximum absolute atomic E-state index is 13.2. The fourth-order valence-corrected chi connectivity index (χ4v) is 4.54. The number of piperidine rings is 1. The Labute approximate surface area is 175 Å². The number of para-hydroxylation sites is 1. The van der Waals surface area contributed by atoms with Gasteiger partial charge in [-0.1, -0.05) is 18.2 Å². The minimum Gasteiger partial charge on any atom is -0.358 e. The molecule has 0 bridgehead atoms. The molecule has 4 heterocycles. The molecule has 0 saturated carbocycles. The summed E-state index contributed by atoms with van der Waals surface area (Å²) in [6.07, 6.45) is 3.75. The number of likely N-dealkylation sites (tertiary alicyclic amines) is 1. The number of rotatable bonds is 3. The Balaban J connectivity index is 1.33. The van der Waals surface area contributed by atoms with Crippen molar-refractivity contribution in [2.24, 2.45) is 0 Å². The van der Waals surface area contributed by atoms with Crippen LogP contribution < -0.4 is 0 Å². The monoisotopic (exact) mass is 401 g/mol. The smallest absolute Gasteiger partial charge is 0.255 e. The number of hydrogen-bond acceptors (Lipinski definition) is 3. The predicted octanol–water partition coefficient (Wildman–Crippen LogP) is 4.82. The van der Waals surface area contributed by atoms with Crippen LogP contribution in [-0.2, 0) is 0 Å². The molecule has 1 aromatic carbocycles. The zero-order valence-corrected chi connectivity index (χ0v) is 17.7. The number of aromatic nitrogens is 4. The number of carbonyl (C=O) groups is 1. The van der Waals surface area contributed by atoms with Gasteiger partial charge in [-0.2, -0.15) is 5.10 Å². The van der Waals surface area contributed by atoms with Crippen LogP contribution in [0.4, 0.5) is 0 Å². The molecular formula is C24H27N5O. The van der Waals surface area contributed by atoms with Gasteiger partial charge in [-0.3, -0.25) is 4.79 Å². The number of fused-ring (bicyclic) bond motifs is 2. The number of H-pyrrole nitrogens is 1. The molecule has 1 saturated heterocycles. The highest BCUT2D eigenvalue weighted by Crippen LogP contribution is 2.31. The second-order valence-corrected chi connectivity index (χ2v) is 8.60. The fourth-order valence-electron chi connectivity index (χ4n) is 4.54. The number of aromatic amines is 1. The first-order valence-corrected chi connectivity index (χ1v) is 10.7. The summed E-state index contributed by atoms with van der Waals surface area (Å²) in [5.41, 5.74) is 4.77. The predicted molar refractivity (Wildman–Crippen MR) is 119 cm³/mol. The molecular weight excluding hydrogens is 374 g/mol. The van der Waals surface area contributed by atoms with Crippen molar-refractivity contribution >= 4 is 27.8 Å². The topological polar surface area (TPSA) is 66.8 Å². The number of nitrogens with one attached hydrogen (secondary N) is 1. The molecule has 5 rings (SSSR count). The summed E-state index contributed by atoms with van der Waals surface area (Å²) in [4.78, 5) is 23.5. The van der Waals surface area contributed by atoms with Crippen LogP contribution in [-0.4, -0.2) is 43.6 Å². The van der Waals surface area contributed by atoms with Gasteiger partial charge >= 0.3 is 0 Å². The first-order chi connectivity index (χ1) is 14.5.